The SMILES string of the molecule is CC(C)c1nccn1-c1ccc(NS(=O)(=O)c2ccc(Br)cc2)cc1. The van der Waals surface area contributed by atoms with E-state index in [0.29, 0.717) is 11.6 Å². The van der Waals surface area contributed by atoms with Crippen LogP contribution in [-0.4, -0.2) is 18.0 Å². The number of nitrogens with one attached hydrogen (secondary N) is 1. The largest absolute Gasteiger partial charge is 0.304 e. The van der Waals surface area contributed by atoms with E-state index in [1.54, 1.807) is 42.6 Å². The van der Waals surface area contributed by atoms with Crippen LogP contribution in [0.4, 0.5) is 5.69 Å². The Bertz CT molecular complexity index is 962. The van der Waals surface area contributed by atoms with Gasteiger partial charge in [-0.15, -0.1) is 0 Å². The van der Waals surface area contributed by atoms with E-state index >= 15 is 0 Å². The number of hydrogen-bond donors (Lipinski definition) is 1. The summed E-state index contributed by atoms with van der Waals surface area (Å²) in [6, 6.07) is 13.7. The van der Waals surface area contributed by atoms with Crippen molar-refractivity contribution in [2.45, 2.75) is 24.7 Å². The van der Waals surface area contributed by atoms with Gasteiger partial charge in [0.2, 0.25) is 0 Å². The molecule has 1 heterocycles. The predicted molar refractivity (Wildman–Crippen MR) is 103 cm³/mol. The fraction of sp³-hybridized carbons (Fsp3) is 0.167. The van der Waals surface area contributed by atoms with E-state index in [9.17, 15) is 8.42 Å². The van der Waals surface area contributed by atoms with Gasteiger partial charge in [-0.05, 0) is 48.5 Å². The van der Waals surface area contributed by atoms with Crippen LogP contribution in [0.5, 0.6) is 0 Å². The van der Waals surface area contributed by atoms with Gasteiger partial charge in [-0.3, -0.25) is 4.72 Å². The van der Waals surface area contributed by atoms with E-state index < -0.39 is 10.0 Å². The molecule has 3 rings (SSSR count). The third-order valence-corrected chi connectivity index (χ3v) is 5.63. The highest BCUT2D eigenvalue weighted by molar-refractivity contribution is 9.10. The van der Waals surface area contributed by atoms with E-state index in [4.69, 9.17) is 0 Å². The molecule has 7 heteroatoms. The molecule has 0 aliphatic carbocycles. The summed E-state index contributed by atoms with van der Waals surface area (Å²) in [4.78, 5) is 4.59. The lowest BCUT2D eigenvalue weighted by Gasteiger charge is -2.12. The Balaban J connectivity index is 1.83. The summed E-state index contributed by atoms with van der Waals surface area (Å²) in [6.45, 7) is 4.17. The van der Waals surface area contributed by atoms with Gasteiger partial charge in [-0.25, -0.2) is 13.4 Å². The maximum absolute atomic E-state index is 12.4. The molecule has 0 aliphatic rings. The molecule has 0 fully saturated rings. The van der Waals surface area contributed by atoms with Gasteiger partial charge in [0.15, 0.2) is 0 Å². The Morgan fingerprint density at radius 3 is 2.28 bits per heavy atom. The number of benzene rings is 2. The van der Waals surface area contributed by atoms with Crippen molar-refractivity contribution in [1.82, 2.24) is 9.55 Å². The maximum Gasteiger partial charge on any atom is 0.261 e. The summed E-state index contributed by atoms with van der Waals surface area (Å²) < 4.78 is 30.3. The van der Waals surface area contributed by atoms with Gasteiger partial charge in [-0.2, -0.15) is 0 Å². The van der Waals surface area contributed by atoms with Crippen molar-refractivity contribution >= 4 is 31.6 Å². The average Bonchev–Trinajstić information content (AvgIpc) is 3.05. The number of imidazole rings is 1. The molecule has 1 aromatic heterocycles. The highest BCUT2D eigenvalue weighted by Crippen LogP contribution is 2.22. The van der Waals surface area contributed by atoms with Crippen molar-refractivity contribution in [3.05, 3.63) is 71.2 Å². The molecule has 0 bridgehead atoms. The second-order valence-corrected chi connectivity index (χ2v) is 8.51. The summed E-state index contributed by atoms with van der Waals surface area (Å²) in [6.07, 6.45) is 3.66. The highest BCUT2D eigenvalue weighted by Gasteiger charge is 2.14. The van der Waals surface area contributed by atoms with Gasteiger partial charge in [-0.1, -0.05) is 29.8 Å². The number of aromatic nitrogens is 2. The quantitative estimate of drug-likeness (QED) is 0.658. The van der Waals surface area contributed by atoms with E-state index in [-0.39, 0.29) is 4.90 Å². The zero-order valence-corrected chi connectivity index (χ0v) is 16.3. The standard InChI is InChI=1S/C18H18BrN3O2S/c1-13(2)18-20-11-12-22(18)16-7-5-15(6-8-16)21-25(23,24)17-9-3-14(19)4-10-17/h3-13,21H,1-2H3. The third kappa shape index (κ3) is 3.93. The molecule has 0 saturated heterocycles. The minimum atomic E-state index is -3.61. The zero-order valence-electron chi connectivity index (χ0n) is 13.8. The van der Waals surface area contributed by atoms with Crippen LogP contribution in [0.25, 0.3) is 5.69 Å². The lowest BCUT2D eigenvalue weighted by atomic mass is 10.2. The summed E-state index contributed by atoms with van der Waals surface area (Å²) in [5.74, 6) is 1.26. The molecule has 0 atom stereocenters. The van der Waals surface area contributed by atoms with Gasteiger partial charge >= 0.3 is 0 Å². The van der Waals surface area contributed by atoms with E-state index in [2.05, 4.69) is 39.5 Å². The van der Waals surface area contributed by atoms with Crippen LogP contribution < -0.4 is 4.72 Å². The molecule has 130 valence electrons. The fourth-order valence-corrected chi connectivity index (χ4v) is 3.80. The van der Waals surface area contributed by atoms with Gasteiger partial charge in [0, 0.05) is 34.2 Å². The minimum absolute atomic E-state index is 0.219. The zero-order chi connectivity index (χ0) is 18.0. The number of nitrogens with zero attached hydrogens (tertiary/aromatic N) is 2. The van der Waals surface area contributed by atoms with E-state index in [1.165, 1.54) is 0 Å². The highest BCUT2D eigenvalue weighted by atomic mass is 79.9. The van der Waals surface area contributed by atoms with Crippen LogP contribution in [0, 0.1) is 0 Å². The molecule has 0 spiro atoms. The van der Waals surface area contributed by atoms with Crippen molar-refractivity contribution in [3.8, 4) is 5.69 Å². The number of hydrogen-bond acceptors (Lipinski definition) is 3. The first kappa shape index (κ1) is 17.7. The normalized spacial score (nSPS) is 11.7. The Morgan fingerprint density at radius 1 is 1.04 bits per heavy atom. The summed E-state index contributed by atoms with van der Waals surface area (Å²) >= 11 is 3.30. The van der Waals surface area contributed by atoms with E-state index in [1.807, 2.05) is 22.9 Å². The summed E-state index contributed by atoms with van der Waals surface area (Å²) in [5.41, 5.74) is 1.45. The van der Waals surface area contributed by atoms with Crippen LogP contribution in [0.15, 0.2) is 70.3 Å². The van der Waals surface area contributed by atoms with Crippen molar-refractivity contribution < 1.29 is 8.42 Å². The molecule has 5 nitrogen and oxygen atoms in total. The molecule has 3 aromatic rings. The second kappa shape index (κ2) is 7.01. The smallest absolute Gasteiger partial charge is 0.261 e. The first-order valence-electron chi connectivity index (χ1n) is 7.79. The molecule has 0 radical (unpaired) electrons. The van der Waals surface area contributed by atoms with Crippen molar-refractivity contribution in [3.63, 3.8) is 0 Å². The number of halogens is 1. The average molecular weight is 420 g/mol. The Morgan fingerprint density at radius 2 is 1.68 bits per heavy atom. The Kier molecular flexibility index (Phi) is 4.96. The van der Waals surface area contributed by atoms with Gasteiger partial charge in [0.25, 0.3) is 10.0 Å². The fourth-order valence-electron chi connectivity index (χ4n) is 2.48. The lowest BCUT2D eigenvalue weighted by Crippen LogP contribution is -2.12. The number of sulfonamides is 1. The lowest BCUT2D eigenvalue weighted by molar-refractivity contribution is 0.601. The molecule has 0 unspecified atom stereocenters. The predicted octanol–water partition coefficient (Wildman–Crippen LogP) is 4.56. The molecule has 0 amide bonds. The number of rotatable bonds is 5. The van der Waals surface area contributed by atoms with E-state index in [0.717, 1.165) is 16.0 Å². The molecule has 25 heavy (non-hydrogen) atoms. The monoisotopic (exact) mass is 419 g/mol. The Labute approximate surface area is 155 Å². The molecule has 2 aromatic carbocycles. The molecular weight excluding hydrogens is 402 g/mol. The summed E-state index contributed by atoms with van der Waals surface area (Å²) in [7, 11) is -3.61. The molecule has 1 N–H and O–H groups in total. The minimum Gasteiger partial charge on any atom is -0.304 e. The van der Waals surface area contributed by atoms with Crippen LogP contribution in [0.2, 0.25) is 0 Å². The first-order valence-corrected chi connectivity index (χ1v) is 10.1. The molecular formula is C18H18BrN3O2S. The van der Waals surface area contributed by atoms with Crippen LogP contribution in [-0.2, 0) is 10.0 Å². The molecule has 0 aliphatic heterocycles. The van der Waals surface area contributed by atoms with Crippen LogP contribution in [0.1, 0.15) is 25.6 Å². The van der Waals surface area contributed by atoms with Gasteiger partial charge < -0.3 is 4.57 Å². The van der Waals surface area contributed by atoms with Crippen molar-refractivity contribution in [1.29, 1.82) is 0 Å². The maximum atomic E-state index is 12.4. The van der Waals surface area contributed by atoms with Crippen molar-refractivity contribution in [2.24, 2.45) is 0 Å². The van der Waals surface area contributed by atoms with Crippen LogP contribution >= 0.6 is 15.9 Å². The Hall–Kier alpha value is -2.12. The number of anilines is 1. The third-order valence-electron chi connectivity index (χ3n) is 3.71. The van der Waals surface area contributed by atoms with Crippen molar-refractivity contribution in [2.75, 3.05) is 4.72 Å². The van der Waals surface area contributed by atoms with Gasteiger partial charge in [0.1, 0.15) is 5.82 Å². The topological polar surface area (TPSA) is 64.0 Å². The van der Waals surface area contributed by atoms with Gasteiger partial charge in [0.05, 0.1) is 4.90 Å². The summed E-state index contributed by atoms with van der Waals surface area (Å²) in [5, 5.41) is 0. The second-order valence-electron chi connectivity index (χ2n) is 5.92. The first-order chi connectivity index (χ1) is 11.9. The molecule has 0 saturated carbocycles. The van der Waals surface area contributed by atoms with Crippen LogP contribution in [0.3, 0.4) is 0 Å².